The van der Waals surface area contributed by atoms with Crippen LogP contribution in [0.25, 0.3) is 0 Å². The second-order valence-corrected chi connectivity index (χ2v) is 10.1. The summed E-state index contributed by atoms with van der Waals surface area (Å²) in [6.45, 7) is 4.13. The Balaban J connectivity index is 1.71. The summed E-state index contributed by atoms with van der Waals surface area (Å²) in [5, 5.41) is 26.1. The minimum atomic E-state index is -0.480. The fourth-order valence-corrected chi connectivity index (χ4v) is 4.94. The van der Waals surface area contributed by atoms with Gasteiger partial charge >= 0.3 is 0 Å². The van der Waals surface area contributed by atoms with Crippen molar-refractivity contribution < 1.29 is 19.2 Å². The van der Waals surface area contributed by atoms with E-state index in [2.05, 4.69) is 20.8 Å². The highest BCUT2D eigenvalue weighted by molar-refractivity contribution is 7.99. The number of ether oxygens (including phenoxy) is 1. The fraction of sp³-hybridized carbons (Fsp3) is 0.360. The smallest absolute Gasteiger partial charge is 0.274 e. The van der Waals surface area contributed by atoms with Crippen molar-refractivity contribution in [1.82, 2.24) is 20.1 Å². The van der Waals surface area contributed by atoms with Crippen molar-refractivity contribution in [2.24, 2.45) is 0 Å². The number of hydrogen-bond donors (Lipinski definition) is 2. The van der Waals surface area contributed by atoms with Crippen LogP contribution >= 0.6 is 23.5 Å². The zero-order chi connectivity index (χ0) is 27.7. The van der Waals surface area contributed by atoms with E-state index in [9.17, 15) is 19.7 Å². The van der Waals surface area contributed by atoms with E-state index in [0.717, 1.165) is 5.75 Å². The first kappa shape index (κ1) is 29.0. The molecule has 2 N–H and O–H groups in total. The molecule has 1 heterocycles. The highest BCUT2D eigenvalue weighted by atomic mass is 32.2. The summed E-state index contributed by atoms with van der Waals surface area (Å²) in [7, 11) is 1.57. The maximum absolute atomic E-state index is 13.0. The molecule has 3 rings (SSSR count). The normalized spacial score (nSPS) is 11.6. The molecule has 13 heteroatoms. The maximum Gasteiger partial charge on any atom is 0.274 e. The standard InChI is InChI=1S/C25H30N6O5S2/c1-5-30-23(20(12-13-37-4)27-24(33)17-7-10-19(36-3)11-8-17)28-29-25(30)38-15-22(32)26-18-9-6-16(2)21(14-18)31(34)35/h6-11,14,20H,5,12-13,15H2,1-4H3,(H,26,32)(H,27,33). The van der Waals surface area contributed by atoms with Gasteiger partial charge in [-0.3, -0.25) is 19.7 Å². The number of thioether (sulfide) groups is 2. The van der Waals surface area contributed by atoms with Gasteiger partial charge in [0.15, 0.2) is 11.0 Å². The topological polar surface area (TPSA) is 141 Å². The second kappa shape index (κ2) is 13.8. The van der Waals surface area contributed by atoms with Crippen LogP contribution in [0.4, 0.5) is 11.4 Å². The minimum Gasteiger partial charge on any atom is -0.497 e. The van der Waals surface area contributed by atoms with Gasteiger partial charge in [-0.1, -0.05) is 17.8 Å². The number of anilines is 1. The van der Waals surface area contributed by atoms with Crippen LogP contribution in [0.3, 0.4) is 0 Å². The van der Waals surface area contributed by atoms with Gasteiger partial charge in [0.25, 0.3) is 11.6 Å². The number of hydrogen-bond acceptors (Lipinski definition) is 9. The quantitative estimate of drug-likeness (QED) is 0.176. The van der Waals surface area contributed by atoms with Crippen molar-refractivity contribution in [3.8, 4) is 5.75 Å². The zero-order valence-electron chi connectivity index (χ0n) is 21.6. The van der Waals surface area contributed by atoms with E-state index in [1.807, 2.05) is 17.7 Å². The highest BCUT2D eigenvalue weighted by Gasteiger charge is 2.24. The third-order valence-electron chi connectivity index (χ3n) is 5.66. The van der Waals surface area contributed by atoms with Gasteiger partial charge in [-0.25, -0.2) is 0 Å². The Hall–Kier alpha value is -3.58. The number of carbonyl (C=O) groups excluding carboxylic acids is 2. The van der Waals surface area contributed by atoms with Gasteiger partial charge in [-0.15, -0.1) is 10.2 Å². The number of nitrogens with one attached hydrogen (secondary N) is 2. The fourth-order valence-electron chi connectivity index (χ4n) is 3.66. The van der Waals surface area contributed by atoms with Crippen LogP contribution in [0.5, 0.6) is 5.75 Å². The van der Waals surface area contributed by atoms with Gasteiger partial charge in [0.2, 0.25) is 5.91 Å². The van der Waals surface area contributed by atoms with Crippen molar-refractivity contribution >= 4 is 46.7 Å². The largest absolute Gasteiger partial charge is 0.497 e. The summed E-state index contributed by atoms with van der Waals surface area (Å²) >= 11 is 2.87. The summed E-state index contributed by atoms with van der Waals surface area (Å²) in [5.41, 5.74) is 1.31. The number of rotatable bonds is 13. The molecule has 0 fully saturated rings. The number of methoxy groups -OCH3 is 1. The van der Waals surface area contributed by atoms with Crippen LogP contribution in [0.1, 0.15) is 41.1 Å². The lowest BCUT2D eigenvalue weighted by atomic mass is 10.1. The first-order chi connectivity index (χ1) is 18.3. The molecule has 1 aromatic heterocycles. The van der Waals surface area contributed by atoms with Crippen LogP contribution in [0.2, 0.25) is 0 Å². The van der Waals surface area contributed by atoms with E-state index in [4.69, 9.17) is 4.74 Å². The summed E-state index contributed by atoms with van der Waals surface area (Å²) < 4.78 is 7.05. The molecule has 0 aliphatic heterocycles. The molecule has 0 bridgehead atoms. The average Bonchev–Trinajstić information content (AvgIpc) is 3.33. The number of carbonyl (C=O) groups is 2. The molecule has 0 aliphatic rings. The second-order valence-electron chi connectivity index (χ2n) is 8.22. The van der Waals surface area contributed by atoms with Gasteiger partial charge in [0.05, 0.1) is 23.8 Å². The van der Waals surface area contributed by atoms with Gasteiger partial charge in [-0.2, -0.15) is 11.8 Å². The lowest BCUT2D eigenvalue weighted by Crippen LogP contribution is -2.31. The van der Waals surface area contributed by atoms with Crippen molar-refractivity contribution in [3.63, 3.8) is 0 Å². The Morgan fingerprint density at radius 2 is 1.92 bits per heavy atom. The first-order valence-electron chi connectivity index (χ1n) is 11.8. The molecule has 202 valence electrons. The molecule has 0 aliphatic carbocycles. The van der Waals surface area contributed by atoms with E-state index in [1.54, 1.807) is 62.2 Å². The number of nitrogens with zero attached hydrogens (tertiary/aromatic N) is 4. The van der Waals surface area contributed by atoms with Gasteiger partial charge < -0.3 is 19.9 Å². The predicted molar refractivity (Wildman–Crippen MR) is 149 cm³/mol. The molecular formula is C25H30N6O5S2. The SMILES string of the molecule is CCn1c(SCC(=O)Nc2ccc(C)c([N+](=O)[O-])c2)nnc1C(CCSC)NC(=O)c1ccc(OC)cc1. The van der Waals surface area contributed by atoms with Crippen LogP contribution in [-0.4, -0.2) is 56.4 Å². The van der Waals surface area contributed by atoms with E-state index in [-0.39, 0.29) is 29.3 Å². The number of aromatic nitrogens is 3. The third kappa shape index (κ3) is 7.48. The van der Waals surface area contributed by atoms with E-state index < -0.39 is 4.92 Å². The number of nitro benzene ring substituents is 1. The molecule has 11 nitrogen and oxygen atoms in total. The molecule has 2 amide bonds. The van der Waals surface area contributed by atoms with Crippen molar-refractivity contribution in [3.05, 3.63) is 69.5 Å². The molecule has 1 atom stereocenters. The number of nitro groups is 1. The van der Waals surface area contributed by atoms with Crippen molar-refractivity contribution in [1.29, 1.82) is 0 Å². The number of aryl methyl sites for hydroxylation is 1. The summed E-state index contributed by atoms with van der Waals surface area (Å²) in [4.78, 5) is 36.2. The lowest BCUT2D eigenvalue weighted by Gasteiger charge is -2.19. The first-order valence-corrected chi connectivity index (χ1v) is 14.2. The van der Waals surface area contributed by atoms with Crippen LogP contribution in [0.15, 0.2) is 47.6 Å². The molecule has 1 unspecified atom stereocenters. The van der Waals surface area contributed by atoms with Gasteiger partial charge in [0, 0.05) is 29.4 Å². The highest BCUT2D eigenvalue weighted by Crippen LogP contribution is 2.25. The van der Waals surface area contributed by atoms with E-state index in [0.29, 0.717) is 46.5 Å². The lowest BCUT2D eigenvalue weighted by molar-refractivity contribution is -0.385. The predicted octanol–water partition coefficient (Wildman–Crippen LogP) is 4.48. The Labute approximate surface area is 229 Å². The number of amides is 2. The van der Waals surface area contributed by atoms with Crippen molar-refractivity contribution in [2.45, 2.75) is 38.0 Å². The Kier molecular flexibility index (Phi) is 10.5. The Morgan fingerprint density at radius 3 is 2.55 bits per heavy atom. The Morgan fingerprint density at radius 1 is 1.18 bits per heavy atom. The van der Waals surface area contributed by atoms with Crippen LogP contribution < -0.4 is 15.4 Å². The molecule has 3 aromatic rings. The molecule has 0 saturated heterocycles. The molecule has 0 spiro atoms. The minimum absolute atomic E-state index is 0.0352. The van der Waals surface area contributed by atoms with Gasteiger partial charge in [0.1, 0.15) is 5.75 Å². The summed E-state index contributed by atoms with van der Waals surface area (Å²) in [6.07, 6.45) is 2.65. The molecule has 38 heavy (non-hydrogen) atoms. The summed E-state index contributed by atoms with van der Waals surface area (Å²) in [5.74, 6) is 1.56. The average molecular weight is 559 g/mol. The molecule has 0 saturated carbocycles. The molecule has 2 aromatic carbocycles. The molecule has 0 radical (unpaired) electrons. The van der Waals surface area contributed by atoms with E-state index in [1.165, 1.54) is 17.8 Å². The van der Waals surface area contributed by atoms with Crippen molar-refractivity contribution in [2.75, 3.05) is 30.2 Å². The maximum atomic E-state index is 13.0. The van der Waals surface area contributed by atoms with E-state index >= 15 is 0 Å². The third-order valence-corrected chi connectivity index (χ3v) is 7.27. The van der Waals surface area contributed by atoms with Gasteiger partial charge in [-0.05, 0) is 62.6 Å². The zero-order valence-corrected chi connectivity index (χ0v) is 23.2. The summed E-state index contributed by atoms with van der Waals surface area (Å²) in [6, 6.07) is 11.0. The monoisotopic (exact) mass is 558 g/mol. The number of benzene rings is 2. The van der Waals surface area contributed by atoms with Crippen LogP contribution in [0, 0.1) is 17.0 Å². The molecular weight excluding hydrogens is 528 g/mol. The van der Waals surface area contributed by atoms with Crippen LogP contribution in [-0.2, 0) is 11.3 Å². The Bertz CT molecular complexity index is 1280.